The molecule has 2 nitrogen and oxygen atoms in total. The van der Waals surface area contributed by atoms with Crippen molar-refractivity contribution in [1.82, 2.24) is 9.55 Å². The quantitative estimate of drug-likeness (QED) is 0.303. The van der Waals surface area contributed by atoms with E-state index in [0.29, 0.717) is 0 Å². The standard InChI is InChI=1S/C28H16N2/c1-2-6-17(7-3-1)30-22-11-5-9-19-18-8-4-10-20-25(18)27-21(29-20)14-12-16-13-15-23(30)28(24(16)27)26(19)22/h1-15,29H. The van der Waals surface area contributed by atoms with Gasteiger partial charge in [0.05, 0.1) is 11.0 Å². The number of para-hydroxylation sites is 1. The molecule has 8 rings (SSSR count). The fraction of sp³-hybridized carbons (Fsp3) is 0. The van der Waals surface area contributed by atoms with Gasteiger partial charge in [-0.05, 0) is 52.9 Å². The summed E-state index contributed by atoms with van der Waals surface area (Å²) in [5, 5.41) is 8.10. The van der Waals surface area contributed by atoms with E-state index < -0.39 is 0 Å². The molecule has 1 aliphatic carbocycles. The fourth-order valence-corrected chi connectivity index (χ4v) is 5.70. The first-order chi connectivity index (χ1) is 14.9. The molecular weight excluding hydrogens is 364 g/mol. The monoisotopic (exact) mass is 380 g/mol. The second-order valence-corrected chi connectivity index (χ2v) is 8.27. The predicted molar refractivity (Wildman–Crippen MR) is 127 cm³/mol. The predicted octanol–water partition coefficient (Wildman–Crippen LogP) is 7.55. The molecule has 2 heteroatoms. The van der Waals surface area contributed by atoms with Crippen LogP contribution in [-0.4, -0.2) is 9.55 Å². The maximum Gasteiger partial charge on any atom is 0.0548 e. The van der Waals surface area contributed by atoms with Gasteiger partial charge in [0.1, 0.15) is 0 Å². The summed E-state index contributed by atoms with van der Waals surface area (Å²) in [6.07, 6.45) is 0. The maximum atomic E-state index is 3.67. The van der Waals surface area contributed by atoms with Gasteiger partial charge in [-0.2, -0.15) is 0 Å². The van der Waals surface area contributed by atoms with Crippen molar-refractivity contribution in [2.45, 2.75) is 0 Å². The number of hydrogen-bond donors (Lipinski definition) is 1. The number of aromatic amines is 1. The first-order valence-electron chi connectivity index (χ1n) is 10.4. The lowest BCUT2D eigenvalue weighted by atomic mass is 9.98. The summed E-state index contributed by atoms with van der Waals surface area (Å²) in [7, 11) is 0. The number of hydrogen-bond acceptors (Lipinski definition) is 0. The van der Waals surface area contributed by atoms with E-state index in [4.69, 9.17) is 0 Å². The van der Waals surface area contributed by atoms with Crippen molar-refractivity contribution in [1.29, 1.82) is 0 Å². The van der Waals surface area contributed by atoms with Crippen molar-refractivity contribution in [3.8, 4) is 16.8 Å². The van der Waals surface area contributed by atoms with E-state index >= 15 is 0 Å². The highest BCUT2D eigenvalue weighted by Crippen LogP contribution is 2.49. The number of nitrogens with zero attached hydrogens (tertiary/aromatic N) is 1. The van der Waals surface area contributed by atoms with E-state index in [-0.39, 0.29) is 0 Å². The fourth-order valence-electron chi connectivity index (χ4n) is 5.70. The summed E-state index contributed by atoms with van der Waals surface area (Å²) in [6.45, 7) is 0. The Labute approximate surface area is 172 Å². The van der Waals surface area contributed by atoms with Crippen molar-refractivity contribution < 1.29 is 0 Å². The largest absolute Gasteiger partial charge is 0.354 e. The van der Waals surface area contributed by atoms with E-state index in [1.165, 1.54) is 71.2 Å². The molecule has 0 saturated carbocycles. The van der Waals surface area contributed by atoms with Gasteiger partial charge in [0.25, 0.3) is 0 Å². The molecule has 0 aliphatic heterocycles. The Morgan fingerprint density at radius 3 is 2.10 bits per heavy atom. The van der Waals surface area contributed by atoms with E-state index in [1.54, 1.807) is 0 Å². The minimum atomic E-state index is 1.20. The molecule has 0 spiro atoms. The highest BCUT2D eigenvalue weighted by molar-refractivity contribution is 6.38. The first-order valence-corrected chi connectivity index (χ1v) is 10.4. The summed E-state index contributed by atoms with van der Waals surface area (Å²) in [5.41, 5.74) is 8.81. The van der Waals surface area contributed by atoms with Crippen molar-refractivity contribution >= 4 is 54.4 Å². The Hall–Kier alpha value is -4.04. The summed E-state index contributed by atoms with van der Waals surface area (Å²) in [6, 6.07) is 33.2. The summed E-state index contributed by atoms with van der Waals surface area (Å²) < 4.78 is 2.42. The summed E-state index contributed by atoms with van der Waals surface area (Å²) in [4.78, 5) is 3.67. The summed E-state index contributed by atoms with van der Waals surface area (Å²) in [5.74, 6) is 0. The highest BCUT2D eigenvalue weighted by Gasteiger charge is 2.24. The Morgan fingerprint density at radius 2 is 1.20 bits per heavy atom. The molecule has 0 fully saturated rings. The van der Waals surface area contributed by atoms with Crippen molar-refractivity contribution in [3.63, 3.8) is 0 Å². The van der Waals surface area contributed by atoms with Gasteiger partial charge in [-0.25, -0.2) is 0 Å². The van der Waals surface area contributed by atoms with Crippen LogP contribution < -0.4 is 0 Å². The minimum absolute atomic E-state index is 1.20. The summed E-state index contributed by atoms with van der Waals surface area (Å²) >= 11 is 0. The average Bonchev–Trinajstić information content (AvgIpc) is 3.30. The molecule has 5 aromatic carbocycles. The van der Waals surface area contributed by atoms with E-state index in [0.717, 1.165) is 0 Å². The van der Waals surface area contributed by atoms with Crippen LogP contribution in [-0.2, 0) is 0 Å². The molecule has 0 saturated heterocycles. The smallest absolute Gasteiger partial charge is 0.0548 e. The van der Waals surface area contributed by atoms with Gasteiger partial charge in [-0.15, -0.1) is 0 Å². The number of nitrogens with one attached hydrogen (secondary N) is 1. The second-order valence-electron chi connectivity index (χ2n) is 8.27. The lowest BCUT2D eigenvalue weighted by Gasteiger charge is -2.10. The Bertz CT molecular complexity index is 1830. The minimum Gasteiger partial charge on any atom is -0.354 e. The van der Waals surface area contributed by atoms with E-state index in [9.17, 15) is 0 Å². The van der Waals surface area contributed by atoms with Crippen LogP contribution in [0.15, 0.2) is 91.0 Å². The van der Waals surface area contributed by atoms with Crippen molar-refractivity contribution in [3.05, 3.63) is 91.0 Å². The van der Waals surface area contributed by atoms with Gasteiger partial charge in [0.2, 0.25) is 0 Å². The zero-order valence-corrected chi connectivity index (χ0v) is 16.1. The van der Waals surface area contributed by atoms with Crippen LogP contribution in [0.4, 0.5) is 0 Å². The molecule has 0 radical (unpaired) electrons. The van der Waals surface area contributed by atoms with E-state index in [1.807, 2.05) is 0 Å². The Morgan fingerprint density at radius 1 is 0.467 bits per heavy atom. The molecule has 0 atom stereocenters. The first kappa shape index (κ1) is 14.9. The van der Waals surface area contributed by atoms with Gasteiger partial charge >= 0.3 is 0 Å². The van der Waals surface area contributed by atoms with Crippen LogP contribution in [0.5, 0.6) is 0 Å². The average molecular weight is 380 g/mol. The van der Waals surface area contributed by atoms with Crippen LogP contribution in [0.25, 0.3) is 71.2 Å². The number of fused-ring (bicyclic) bond motifs is 1. The molecule has 30 heavy (non-hydrogen) atoms. The van der Waals surface area contributed by atoms with Gasteiger partial charge in [0, 0.05) is 43.7 Å². The normalized spacial score (nSPS) is 12.7. The third-order valence-corrected chi connectivity index (χ3v) is 6.83. The van der Waals surface area contributed by atoms with Crippen molar-refractivity contribution in [2.24, 2.45) is 0 Å². The second kappa shape index (κ2) is 4.92. The zero-order valence-electron chi connectivity index (χ0n) is 16.1. The van der Waals surface area contributed by atoms with E-state index in [2.05, 4.69) is 101 Å². The van der Waals surface area contributed by atoms with Crippen LogP contribution in [0.2, 0.25) is 0 Å². The third kappa shape index (κ3) is 1.56. The maximum absolute atomic E-state index is 3.67. The molecular formula is C28H16N2. The lowest BCUT2D eigenvalue weighted by Crippen LogP contribution is -1.93. The van der Waals surface area contributed by atoms with Crippen LogP contribution in [0, 0.1) is 0 Å². The molecule has 2 heterocycles. The molecule has 0 bridgehead atoms. The molecule has 1 N–H and O–H groups in total. The SMILES string of the molecule is c1ccc(-n2c3cccc4c3c3c5c(ccc6[nH]c7cccc-4c7c65)ccc32)cc1. The van der Waals surface area contributed by atoms with Crippen LogP contribution in [0.1, 0.15) is 0 Å². The molecule has 0 amide bonds. The number of rotatable bonds is 1. The van der Waals surface area contributed by atoms with Gasteiger partial charge < -0.3 is 9.55 Å². The zero-order chi connectivity index (χ0) is 19.4. The van der Waals surface area contributed by atoms with Crippen LogP contribution >= 0.6 is 0 Å². The number of H-pyrrole nitrogens is 1. The molecule has 7 aromatic rings. The molecule has 0 unspecified atom stereocenters. The van der Waals surface area contributed by atoms with Crippen molar-refractivity contribution in [2.75, 3.05) is 0 Å². The molecule has 138 valence electrons. The molecule has 1 aliphatic rings. The third-order valence-electron chi connectivity index (χ3n) is 6.83. The lowest BCUT2D eigenvalue weighted by molar-refractivity contribution is 1.18. The van der Waals surface area contributed by atoms with Gasteiger partial charge in [-0.3, -0.25) is 0 Å². The Balaban J connectivity index is 1.80. The molecule has 2 aromatic heterocycles. The topological polar surface area (TPSA) is 20.7 Å². The van der Waals surface area contributed by atoms with Gasteiger partial charge in [-0.1, -0.05) is 54.6 Å². The highest BCUT2D eigenvalue weighted by atomic mass is 15.0. The van der Waals surface area contributed by atoms with Gasteiger partial charge in [0.15, 0.2) is 0 Å². The van der Waals surface area contributed by atoms with Crippen LogP contribution in [0.3, 0.4) is 0 Å². The number of benzene rings is 5. The Kier molecular flexibility index (Phi) is 2.44. The number of aromatic nitrogens is 2.